The summed E-state index contributed by atoms with van der Waals surface area (Å²) in [5.74, 6) is 6.09. The highest BCUT2D eigenvalue weighted by atomic mass is 79.9. The van der Waals surface area contributed by atoms with Gasteiger partial charge in [0, 0.05) is 23.0 Å². The van der Waals surface area contributed by atoms with E-state index >= 15 is 0 Å². The summed E-state index contributed by atoms with van der Waals surface area (Å²) in [4.78, 5) is 0. The topological polar surface area (TPSA) is 26.0 Å². The molecule has 0 heterocycles. The van der Waals surface area contributed by atoms with E-state index in [-0.39, 0.29) is 0 Å². The maximum absolute atomic E-state index is 5.76. The first-order valence-electron chi connectivity index (χ1n) is 4.15. The maximum Gasteiger partial charge on any atom is 0.0477 e. The average molecular weight is 238 g/mol. The highest BCUT2D eigenvalue weighted by molar-refractivity contribution is 9.09. The van der Waals surface area contributed by atoms with Crippen LogP contribution in [0.4, 0.5) is 5.69 Å². The van der Waals surface area contributed by atoms with Gasteiger partial charge in [0.2, 0.25) is 0 Å². The van der Waals surface area contributed by atoms with E-state index in [2.05, 4.69) is 27.8 Å². The van der Waals surface area contributed by atoms with Crippen LogP contribution in [0.2, 0.25) is 0 Å². The number of nitrogens with two attached hydrogens (primary N) is 1. The minimum absolute atomic E-state index is 0.757. The monoisotopic (exact) mass is 237 g/mol. The Hall–Kier alpha value is -0.940. The molecule has 0 bridgehead atoms. The molecular formula is C11H12BrN. The summed E-state index contributed by atoms with van der Waals surface area (Å²) in [6.45, 7) is 2.04. The third-order valence-electron chi connectivity index (χ3n) is 1.65. The largest absolute Gasteiger partial charge is 0.398 e. The van der Waals surface area contributed by atoms with Gasteiger partial charge >= 0.3 is 0 Å². The first kappa shape index (κ1) is 10.1. The summed E-state index contributed by atoms with van der Waals surface area (Å²) in [6, 6.07) is 5.90. The zero-order valence-corrected chi connectivity index (χ0v) is 9.19. The van der Waals surface area contributed by atoms with Gasteiger partial charge in [-0.25, -0.2) is 0 Å². The molecule has 1 nitrogen and oxygen atoms in total. The zero-order valence-electron chi connectivity index (χ0n) is 7.60. The molecule has 2 heteroatoms. The first-order valence-corrected chi connectivity index (χ1v) is 5.27. The fourth-order valence-corrected chi connectivity index (χ4v) is 1.18. The number of hydrogen-bond donors (Lipinski definition) is 1. The highest BCUT2D eigenvalue weighted by Gasteiger charge is 1.93. The molecule has 0 spiro atoms. The van der Waals surface area contributed by atoms with E-state index in [1.165, 1.54) is 5.56 Å². The van der Waals surface area contributed by atoms with Crippen LogP contribution in [0.15, 0.2) is 18.2 Å². The van der Waals surface area contributed by atoms with Crippen LogP contribution in [-0.4, -0.2) is 5.33 Å². The Labute approximate surface area is 87.5 Å². The zero-order chi connectivity index (χ0) is 9.68. The van der Waals surface area contributed by atoms with E-state index in [0.717, 1.165) is 23.0 Å². The second kappa shape index (κ2) is 4.94. The number of aryl methyl sites for hydroxylation is 1. The van der Waals surface area contributed by atoms with Crippen LogP contribution in [0.25, 0.3) is 0 Å². The Morgan fingerprint density at radius 3 is 2.92 bits per heavy atom. The molecule has 0 aromatic heterocycles. The van der Waals surface area contributed by atoms with Gasteiger partial charge in [0.05, 0.1) is 0 Å². The number of alkyl halides is 1. The molecule has 13 heavy (non-hydrogen) atoms. The van der Waals surface area contributed by atoms with Crippen molar-refractivity contribution in [3.63, 3.8) is 0 Å². The second-order valence-electron chi connectivity index (χ2n) is 2.83. The number of benzene rings is 1. The van der Waals surface area contributed by atoms with Crippen molar-refractivity contribution >= 4 is 21.6 Å². The van der Waals surface area contributed by atoms with Crippen LogP contribution >= 0.6 is 15.9 Å². The van der Waals surface area contributed by atoms with Crippen molar-refractivity contribution in [3.8, 4) is 11.8 Å². The van der Waals surface area contributed by atoms with E-state index in [9.17, 15) is 0 Å². The average Bonchev–Trinajstić information content (AvgIpc) is 2.11. The van der Waals surface area contributed by atoms with Crippen molar-refractivity contribution in [2.24, 2.45) is 0 Å². The predicted molar refractivity (Wildman–Crippen MR) is 60.9 cm³/mol. The van der Waals surface area contributed by atoms with Gasteiger partial charge in [0.1, 0.15) is 0 Å². The molecular weight excluding hydrogens is 226 g/mol. The van der Waals surface area contributed by atoms with Crippen LogP contribution in [0, 0.1) is 18.8 Å². The van der Waals surface area contributed by atoms with Crippen LogP contribution < -0.4 is 5.73 Å². The standard InChI is InChI=1S/C11H12BrN/c1-9-5-6-11(13)10(8-9)4-2-3-7-12/h5-6,8H,3,7,13H2,1H3. The summed E-state index contributed by atoms with van der Waals surface area (Å²) in [7, 11) is 0. The number of hydrogen-bond acceptors (Lipinski definition) is 1. The molecule has 1 aromatic carbocycles. The van der Waals surface area contributed by atoms with Gasteiger partial charge in [0.15, 0.2) is 0 Å². The molecule has 1 aromatic rings. The Morgan fingerprint density at radius 2 is 2.23 bits per heavy atom. The summed E-state index contributed by atoms with van der Waals surface area (Å²) in [5.41, 5.74) is 8.64. The third-order valence-corrected chi connectivity index (χ3v) is 2.05. The molecule has 1 rings (SSSR count). The van der Waals surface area contributed by atoms with Crippen LogP contribution in [0.1, 0.15) is 17.5 Å². The van der Waals surface area contributed by atoms with Crippen molar-refractivity contribution in [2.45, 2.75) is 13.3 Å². The minimum Gasteiger partial charge on any atom is -0.398 e. The smallest absolute Gasteiger partial charge is 0.0477 e. The Bertz CT molecular complexity index is 347. The maximum atomic E-state index is 5.76. The first-order chi connectivity index (χ1) is 6.24. The number of halogens is 1. The second-order valence-corrected chi connectivity index (χ2v) is 3.62. The van der Waals surface area contributed by atoms with E-state index in [0.29, 0.717) is 0 Å². The molecule has 0 aliphatic carbocycles. The Kier molecular flexibility index (Phi) is 3.85. The molecule has 0 radical (unpaired) electrons. The lowest BCUT2D eigenvalue weighted by Crippen LogP contribution is -1.90. The molecule has 0 unspecified atom stereocenters. The van der Waals surface area contributed by atoms with Crippen LogP contribution in [-0.2, 0) is 0 Å². The molecule has 0 aliphatic rings. The van der Waals surface area contributed by atoms with E-state index < -0.39 is 0 Å². The summed E-state index contributed by atoms with van der Waals surface area (Å²) in [6.07, 6.45) is 0.855. The van der Waals surface area contributed by atoms with Crippen LogP contribution in [0.5, 0.6) is 0 Å². The van der Waals surface area contributed by atoms with Crippen molar-refractivity contribution < 1.29 is 0 Å². The quantitative estimate of drug-likeness (QED) is 0.454. The van der Waals surface area contributed by atoms with Crippen molar-refractivity contribution in [1.82, 2.24) is 0 Å². The van der Waals surface area contributed by atoms with E-state index in [1.54, 1.807) is 0 Å². The number of rotatable bonds is 1. The van der Waals surface area contributed by atoms with Gasteiger partial charge < -0.3 is 5.73 Å². The van der Waals surface area contributed by atoms with Gasteiger partial charge in [-0.3, -0.25) is 0 Å². The Morgan fingerprint density at radius 1 is 1.46 bits per heavy atom. The summed E-state index contributed by atoms with van der Waals surface area (Å²) in [5, 5.41) is 0.908. The molecule has 0 amide bonds. The molecule has 68 valence electrons. The molecule has 0 atom stereocenters. The third kappa shape index (κ3) is 3.12. The van der Waals surface area contributed by atoms with E-state index in [1.807, 2.05) is 25.1 Å². The van der Waals surface area contributed by atoms with Gasteiger partial charge in [-0.2, -0.15) is 0 Å². The van der Waals surface area contributed by atoms with Crippen molar-refractivity contribution in [2.75, 3.05) is 11.1 Å². The Balaban J connectivity index is 2.89. The molecule has 0 saturated heterocycles. The fraction of sp³-hybridized carbons (Fsp3) is 0.273. The molecule has 0 fully saturated rings. The lowest BCUT2D eigenvalue weighted by atomic mass is 10.1. The molecule has 0 saturated carbocycles. The van der Waals surface area contributed by atoms with Gasteiger partial charge in [-0.1, -0.05) is 33.8 Å². The van der Waals surface area contributed by atoms with Crippen LogP contribution in [0.3, 0.4) is 0 Å². The summed E-state index contributed by atoms with van der Waals surface area (Å²) < 4.78 is 0. The predicted octanol–water partition coefficient (Wildman–Crippen LogP) is 2.71. The molecule has 0 aliphatic heterocycles. The highest BCUT2D eigenvalue weighted by Crippen LogP contribution is 2.11. The fourth-order valence-electron chi connectivity index (χ4n) is 0.983. The normalized spacial score (nSPS) is 9.08. The van der Waals surface area contributed by atoms with Gasteiger partial charge in [-0.05, 0) is 24.6 Å². The minimum atomic E-state index is 0.757. The summed E-state index contributed by atoms with van der Waals surface area (Å²) >= 11 is 3.32. The van der Waals surface area contributed by atoms with Crippen molar-refractivity contribution in [3.05, 3.63) is 29.3 Å². The number of nitrogen functional groups attached to an aromatic ring is 1. The van der Waals surface area contributed by atoms with Crippen molar-refractivity contribution in [1.29, 1.82) is 0 Å². The lowest BCUT2D eigenvalue weighted by molar-refractivity contribution is 1.32. The van der Waals surface area contributed by atoms with Gasteiger partial charge in [-0.15, -0.1) is 0 Å². The lowest BCUT2D eigenvalue weighted by Gasteiger charge is -1.98. The van der Waals surface area contributed by atoms with Gasteiger partial charge in [0.25, 0.3) is 0 Å². The van der Waals surface area contributed by atoms with E-state index in [4.69, 9.17) is 5.73 Å². The molecule has 2 N–H and O–H groups in total. The number of anilines is 1. The SMILES string of the molecule is Cc1ccc(N)c(C#CCCBr)c1.